The molecule has 1 amide bonds. The molecule has 0 saturated carbocycles. The SMILES string of the molecule is Cc1ccc2c(N3CCNC(=O)C3)ccnc2c1C. The van der Waals surface area contributed by atoms with Crippen LogP contribution >= 0.6 is 0 Å². The molecule has 1 aromatic heterocycles. The number of benzene rings is 1. The van der Waals surface area contributed by atoms with Crippen molar-refractivity contribution in [2.24, 2.45) is 0 Å². The molecule has 2 heterocycles. The summed E-state index contributed by atoms with van der Waals surface area (Å²) in [6.45, 7) is 6.16. The maximum Gasteiger partial charge on any atom is 0.239 e. The Kier molecular flexibility index (Phi) is 2.85. The van der Waals surface area contributed by atoms with Gasteiger partial charge in [-0.15, -0.1) is 0 Å². The van der Waals surface area contributed by atoms with Gasteiger partial charge in [0.2, 0.25) is 5.91 Å². The molecule has 1 aliphatic heterocycles. The molecule has 1 saturated heterocycles. The van der Waals surface area contributed by atoms with E-state index in [1.165, 1.54) is 11.1 Å². The first-order valence-electron chi connectivity index (χ1n) is 6.53. The number of amides is 1. The molecule has 1 N–H and O–H groups in total. The van der Waals surface area contributed by atoms with E-state index in [0.29, 0.717) is 13.1 Å². The highest BCUT2D eigenvalue weighted by Gasteiger charge is 2.18. The molecule has 19 heavy (non-hydrogen) atoms. The summed E-state index contributed by atoms with van der Waals surface area (Å²) < 4.78 is 0. The molecule has 4 nitrogen and oxygen atoms in total. The molecule has 3 rings (SSSR count). The van der Waals surface area contributed by atoms with E-state index >= 15 is 0 Å². The molecular weight excluding hydrogens is 238 g/mol. The van der Waals surface area contributed by atoms with E-state index in [0.717, 1.165) is 23.1 Å². The summed E-state index contributed by atoms with van der Waals surface area (Å²) in [7, 11) is 0. The highest BCUT2D eigenvalue weighted by molar-refractivity contribution is 5.95. The van der Waals surface area contributed by atoms with Crippen LogP contribution in [0.2, 0.25) is 0 Å². The van der Waals surface area contributed by atoms with Gasteiger partial charge in [-0.05, 0) is 31.0 Å². The number of hydrogen-bond donors (Lipinski definition) is 1. The topological polar surface area (TPSA) is 45.2 Å². The molecule has 0 spiro atoms. The number of rotatable bonds is 1. The van der Waals surface area contributed by atoms with Gasteiger partial charge in [0.15, 0.2) is 0 Å². The van der Waals surface area contributed by atoms with E-state index in [9.17, 15) is 4.79 Å². The highest BCUT2D eigenvalue weighted by atomic mass is 16.2. The molecule has 98 valence electrons. The smallest absolute Gasteiger partial charge is 0.239 e. The van der Waals surface area contributed by atoms with E-state index in [1.54, 1.807) is 0 Å². The zero-order valence-corrected chi connectivity index (χ0v) is 11.2. The maximum absolute atomic E-state index is 11.5. The predicted octanol–water partition coefficient (Wildman–Crippen LogP) is 1.79. The normalized spacial score (nSPS) is 15.7. The van der Waals surface area contributed by atoms with E-state index in [4.69, 9.17) is 0 Å². The van der Waals surface area contributed by atoms with Gasteiger partial charge in [0.05, 0.1) is 12.1 Å². The van der Waals surface area contributed by atoms with Crippen LogP contribution < -0.4 is 10.2 Å². The minimum absolute atomic E-state index is 0.0834. The third-order valence-corrected chi connectivity index (χ3v) is 3.79. The molecule has 2 aromatic rings. The fourth-order valence-corrected chi connectivity index (χ4v) is 2.57. The summed E-state index contributed by atoms with van der Waals surface area (Å²) in [4.78, 5) is 18.1. The van der Waals surface area contributed by atoms with Gasteiger partial charge in [0.25, 0.3) is 0 Å². The standard InChI is InChI=1S/C15H17N3O/c1-10-3-4-12-13(5-6-17-15(12)11(10)2)18-8-7-16-14(19)9-18/h3-6H,7-9H2,1-2H3,(H,16,19). The number of nitrogens with zero attached hydrogens (tertiary/aromatic N) is 2. The number of piperazine rings is 1. The van der Waals surface area contributed by atoms with Crippen LogP contribution in [0.25, 0.3) is 10.9 Å². The number of nitrogens with one attached hydrogen (secondary N) is 1. The lowest BCUT2D eigenvalue weighted by atomic mass is 10.0. The van der Waals surface area contributed by atoms with Crippen molar-refractivity contribution in [2.45, 2.75) is 13.8 Å². The third kappa shape index (κ3) is 2.03. The van der Waals surface area contributed by atoms with Crippen molar-refractivity contribution in [3.8, 4) is 0 Å². The van der Waals surface area contributed by atoms with E-state index in [-0.39, 0.29) is 5.91 Å². The summed E-state index contributed by atoms with van der Waals surface area (Å²) in [5.41, 5.74) is 4.58. The molecule has 4 heteroatoms. The van der Waals surface area contributed by atoms with Gasteiger partial charge in [-0.25, -0.2) is 0 Å². The number of pyridine rings is 1. The van der Waals surface area contributed by atoms with Crippen molar-refractivity contribution in [2.75, 3.05) is 24.5 Å². The maximum atomic E-state index is 11.5. The van der Waals surface area contributed by atoms with Crippen molar-refractivity contribution in [1.82, 2.24) is 10.3 Å². The Hall–Kier alpha value is -2.10. The molecule has 0 unspecified atom stereocenters. The van der Waals surface area contributed by atoms with Crippen LogP contribution in [0.5, 0.6) is 0 Å². The van der Waals surface area contributed by atoms with Gasteiger partial charge in [0.1, 0.15) is 0 Å². The van der Waals surface area contributed by atoms with Crippen molar-refractivity contribution < 1.29 is 4.79 Å². The van der Waals surface area contributed by atoms with Crippen LogP contribution in [0.4, 0.5) is 5.69 Å². The monoisotopic (exact) mass is 255 g/mol. The summed E-state index contributed by atoms with van der Waals surface area (Å²) in [6.07, 6.45) is 1.83. The Bertz CT molecular complexity index is 651. The predicted molar refractivity (Wildman–Crippen MR) is 76.4 cm³/mol. The average molecular weight is 255 g/mol. The second kappa shape index (κ2) is 4.53. The zero-order valence-electron chi connectivity index (χ0n) is 11.2. The number of carbonyl (C=O) groups excluding carboxylic acids is 1. The summed E-state index contributed by atoms with van der Waals surface area (Å²) in [6, 6.07) is 6.22. The number of aryl methyl sites for hydroxylation is 2. The highest BCUT2D eigenvalue weighted by Crippen LogP contribution is 2.28. The fraction of sp³-hybridized carbons (Fsp3) is 0.333. The molecular formula is C15H17N3O. The van der Waals surface area contributed by atoms with Crippen LogP contribution in [-0.4, -0.2) is 30.5 Å². The van der Waals surface area contributed by atoms with Gasteiger partial charge in [-0.2, -0.15) is 0 Å². The number of fused-ring (bicyclic) bond motifs is 1. The molecule has 0 atom stereocenters. The lowest BCUT2D eigenvalue weighted by molar-refractivity contribution is -0.120. The minimum atomic E-state index is 0.0834. The molecule has 0 bridgehead atoms. The van der Waals surface area contributed by atoms with Crippen LogP contribution in [0.15, 0.2) is 24.4 Å². The zero-order chi connectivity index (χ0) is 13.4. The Morgan fingerprint density at radius 3 is 2.89 bits per heavy atom. The fourth-order valence-electron chi connectivity index (χ4n) is 2.57. The van der Waals surface area contributed by atoms with Gasteiger partial charge < -0.3 is 10.2 Å². The Morgan fingerprint density at radius 1 is 1.26 bits per heavy atom. The number of carbonyl (C=O) groups is 1. The summed E-state index contributed by atoms with van der Waals surface area (Å²) in [5.74, 6) is 0.0834. The first kappa shape index (κ1) is 12.0. The molecule has 1 fully saturated rings. The van der Waals surface area contributed by atoms with Crippen LogP contribution in [0.1, 0.15) is 11.1 Å². The Morgan fingerprint density at radius 2 is 2.11 bits per heavy atom. The Balaban J connectivity index is 2.14. The van der Waals surface area contributed by atoms with Gasteiger partial charge >= 0.3 is 0 Å². The van der Waals surface area contributed by atoms with Crippen molar-refractivity contribution in [3.63, 3.8) is 0 Å². The number of aromatic nitrogens is 1. The lowest BCUT2D eigenvalue weighted by Crippen LogP contribution is -2.47. The van der Waals surface area contributed by atoms with Crippen LogP contribution in [0, 0.1) is 13.8 Å². The van der Waals surface area contributed by atoms with Crippen LogP contribution in [-0.2, 0) is 4.79 Å². The lowest BCUT2D eigenvalue weighted by Gasteiger charge is -2.29. The summed E-state index contributed by atoms with van der Waals surface area (Å²) >= 11 is 0. The van der Waals surface area contributed by atoms with Crippen molar-refractivity contribution in [1.29, 1.82) is 0 Å². The first-order chi connectivity index (χ1) is 9.16. The third-order valence-electron chi connectivity index (χ3n) is 3.79. The second-order valence-corrected chi connectivity index (χ2v) is 5.01. The second-order valence-electron chi connectivity index (χ2n) is 5.01. The van der Waals surface area contributed by atoms with E-state index in [2.05, 4.69) is 41.2 Å². The largest absolute Gasteiger partial charge is 0.360 e. The molecule has 0 aliphatic carbocycles. The first-order valence-corrected chi connectivity index (χ1v) is 6.53. The quantitative estimate of drug-likeness (QED) is 0.845. The molecule has 0 radical (unpaired) electrons. The van der Waals surface area contributed by atoms with Crippen LogP contribution in [0.3, 0.4) is 0 Å². The number of hydrogen-bond acceptors (Lipinski definition) is 3. The van der Waals surface area contributed by atoms with E-state index in [1.807, 2.05) is 12.3 Å². The van der Waals surface area contributed by atoms with Gasteiger partial charge in [-0.1, -0.05) is 12.1 Å². The minimum Gasteiger partial charge on any atom is -0.360 e. The summed E-state index contributed by atoms with van der Waals surface area (Å²) in [5, 5.41) is 3.98. The molecule has 1 aliphatic rings. The Labute approximate surface area is 112 Å². The van der Waals surface area contributed by atoms with Crippen molar-refractivity contribution in [3.05, 3.63) is 35.5 Å². The van der Waals surface area contributed by atoms with Gasteiger partial charge in [0, 0.05) is 30.4 Å². The average Bonchev–Trinajstić information content (AvgIpc) is 2.42. The van der Waals surface area contributed by atoms with E-state index < -0.39 is 0 Å². The number of anilines is 1. The van der Waals surface area contributed by atoms with Gasteiger partial charge in [-0.3, -0.25) is 9.78 Å². The van der Waals surface area contributed by atoms with Crippen molar-refractivity contribution >= 4 is 22.5 Å². The molecule has 1 aromatic carbocycles.